The Morgan fingerprint density at radius 2 is 2.19 bits per heavy atom. The zero-order valence-electron chi connectivity index (χ0n) is 11.7. The number of hydrogen-bond acceptors (Lipinski definition) is 5. The fourth-order valence-electron chi connectivity index (χ4n) is 1.93. The third kappa shape index (κ3) is 3.52. The average Bonchev–Trinajstić information content (AvgIpc) is 2.98. The molecule has 0 aliphatic heterocycles. The number of furan rings is 1. The first-order chi connectivity index (χ1) is 10.0. The predicted molar refractivity (Wildman–Crippen MR) is 75.8 cm³/mol. The topological polar surface area (TPSA) is 89.2 Å². The van der Waals surface area contributed by atoms with E-state index in [2.05, 4.69) is 15.0 Å². The maximum atomic E-state index is 12.1. The molecule has 2 aromatic rings. The molecule has 2 N–H and O–H groups in total. The van der Waals surface area contributed by atoms with Gasteiger partial charge < -0.3 is 14.3 Å². The van der Waals surface area contributed by atoms with E-state index < -0.39 is 10.0 Å². The Morgan fingerprint density at radius 1 is 1.38 bits per heavy atom. The number of hydrogen-bond donors (Lipinski definition) is 2. The van der Waals surface area contributed by atoms with Gasteiger partial charge in [0.2, 0.25) is 5.09 Å². The minimum atomic E-state index is -3.65. The minimum Gasteiger partial charge on any atom is -0.447 e. The lowest BCUT2D eigenvalue weighted by Gasteiger charge is -2.04. The van der Waals surface area contributed by atoms with Crippen LogP contribution in [0.15, 0.2) is 34.0 Å². The molecule has 2 heterocycles. The van der Waals surface area contributed by atoms with Gasteiger partial charge in [-0.2, -0.15) is 0 Å². The van der Waals surface area contributed by atoms with E-state index in [0.29, 0.717) is 24.2 Å². The lowest BCUT2D eigenvalue weighted by Crippen LogP contribution is -2.24. The summed E-state index contributed by atoms with van der Waals surface area (Å²) in [6, 6.07) is 3.71. The molecule has 2 aromatic heterocycles. The van der Waals surface area contributed by atoms with E-state index in [4.69, 9.17) is 4.42 Å². The predicted octanol–water partition coefficient (Wildman–Crippen LogP) is 0.744. The van der Waals surface area contributed by atoms with Crippen LogP contribution < -0.4 is 10.0 Å². The van der Waals surface area contributed by atoms with E-state index in [0.717, 1.165) is 0 Å². The van der Waals surface area contributed by atoms with Crippen molar-refractivity contribution < 1.29 is 12.8 Å². The lowest BCUT2D eigenvalue weighted by atomic mass is 10.4. The monoisotopic (exact) mass is 310 g/mol. The standard InChI is InChI=1S/C13H18N4O3S/c1-17-7-6-14-12(17)9-16-21(18,19)13-5-4-11(20-13)8-15-10-2-3-10/h4-7,10,15-16H,2-3,8-9H2,1H3. The number of nitrogens with one attached hydrogen (secondary N) is 2. The number of sulfonamides is 1. The molecule has 8 heteroatoms. The summed E-state index contributed by atoms with van der Waals surface area (Å²) in [6.07, 6.45) is 5.74. The van der Waals surface area contributed by atoms with Crippen molar-refractivity contribution in [3.8, 4) is 0 Å². The first-order valence-electron chi connectivity index (χ1n) is 6.82. The second kappa shape index (κ2) is 5.63. The molecule has 0 radical (unpaired) electrons. The van der Waals surface area contributed by atoms with Gasteiger partial charge in [-0.15, -0.1) is 0 Å². The van der Waals surface area contributed by atoms with Crippen molar-refractivity contribution in [1.82, 2.24) is 19.6 Å². The molecule has 3 rings (SSSR count). The summed E-state index contributed by atoms with van der Waals surface area (Å²) >= 11 is 0. The van der Waals surface area contributed by atoms with Crippen molar-refractivity contribution in [3.63, 3.8) is 0 Å². The molecule has 1 aliphatic rings. The van der Waals surface area contributed by atoms with Crippen LogP contribution in [-0.4, -0.2) is 24.0 Å². The second-order valence-corrected chi connectivity index (χ2v) is 6.85. The van der Waals surface area contributed by atoms with Gasteiger partial charge in [-0.25, -0.2) is 18.1 Å². The third-order valence-corrected chi connectivity index (χ3v) is 4.66. The minimum absolute atomic E-state index is 0.0655. The third-order valence-electron chi connectivity index (χ3n) is 3.39. The zero-order valence-corrected chi connectivity index (χ0v) is 12.6. The molecule has 21 heavy (non-hydrogen) atoms. The average molecular weight is 310 g/mol. The molecular weight excluding hydrogens is 292 g/mol. The van der Waals surface area contributed by atoms with Crippen LogP contribution in [0.5, 0.6) is 0 Å². The number of imidazole rings is 1. The first kappa shape index (κ1) is 14.3. The summed E-state index contributed by atoms with van der Waals surface area (Å²) in [6.45, 7) is 0.682. The van der Waals surface area contributed by atoms with E-state index in [-0.39, 0.29) is 11.6 Å². The highest BCUT2D eigenvalue weighted by atomic mass is 32.2. The Hall–Kier alpha value is -1.64. The molecule has 1 saturated carbocycles. The highest BCUT2D eigenvalue weighted by Crippen LogP contribution is 2.20. The zero-order chi connectivity index (χ0) is 14.9. The van der Waals surface area contributed by atoms with Gasteiger partial charge in [0.05, 0.1) is 13.1 Å². The Morgan fingerprint density at radius 3 is 2.86 bits per heavy atom. The molecule has 114 valence electrons. The second-order valence-electron chi connectivity index (χ2n) is 5.15. The van der Waals surface area contributed by atoms with Crippen LogP contribution in [0.2, 0.25) is 0 Å². The summed E-state index contributed by atoms with van der Waals surface area (Å²) in [7, 11) is -1.84. The van der Waals surface area contributed by atoms with Crippen LogP contribution in [0.25, 0.3) is 0 Å². The van der Waals surface area contributed by atoms with Crippen LogP contribution in [0.1, 0.15) is 24.4 Å². The van der Waals surface area contributed by atoms with Crippen molar-refractivity contribution >= 4 is 10.0 Å². The first-order valence-corrected chi connectivity index (χ1v) is 8.31. The Kier molecular flexibility index (Phi) is 3.83. The smallest absolute Gasteiger partial charge is 0.274 e. The molecule has 0 amide bonds. The van der Waals surface area contributed by atoms with Crippen LogP contribution in [0, 0.1) is 0 Å². The van der Waals surface area contributed by atoms with Gasteiger partial charge in [-0.3, -0.25) is 0 Å². The van der Waals surface area contributed by atoms with Gasteiger partial charge in [0.15, 0.2) is 0 Å². The summed E-state index contributed by atoms with van der Waals surface area (Å²) in [5.41, 5.74) is 0. The molecule has 0 spiro atoms. The Bertz CT molecular complexity index is 715. The van der Waals surface area contributed by atoms with Crippen LogP contribution in [-0.2, 0) is 30.2 Å². The molecule has 0 aromatic carbocycles. The number of nitrogens with zero attached hydrogens (tertiary/aromatic N) is 2. The van der Waals surface area contributed by atoms with Gasteiger partial charge in [-0.1, -0.05) is 0 Å². The lowest BCUT2D eigenvalue weighted by molar-refractivity contribution is 0.399. The van der Waals surface area contributed by atoms with E-state index in [1.807, 2.05) is 7.05 Å². The number of aryl methyl sites for hydroxylation is 1. The van der Waals surface area contributed by atoms with Gasteiger partial charge in [-0.05, 0) is 25.0 Å². The fourth-order valence-corrected chi connectivity index (χ4v) is 2.85. The van der Waals surface area contributed by atoms with E-state index in [1.165, 1.54) is 18.9 Å². The molecule has 1 fully saturated rings. The summed E-state index contributed by atoms with van der Waals surface area (Å²) in [4.78, 5) is 4.07. The molecule has 0 bridgehead atoms. The summed E-state index contributed by atoms with van der Waals surface area (Å²) in [5, 5.41) is 3.21. The molecule has 0 atom stereocenters. The van der Waals surface area contributed by atoms with Crippen LogP contribution in [0.4, 0.5) is 0 Å². The van der Waals surface area contributed by atoms with Crippen molar-refractivity contribution in [1.29, 1.82) is 0 Å². The van der Waals surface area contributed by atoms with Gasteiger partial charge in [0, 0.05) is 25.5 Å². The molecule has 0 unspecified atom stereocenters. The van der Waals surface area contributed by atoms with Crippen molar-refractivity contribution in [2.75, 3.05) is 0 Å². The van der Waals surface area contributed by atoms with Gasteiger partial charge in [0.25, 0.3) is 10.0 Å². The quantitative estimate of drug-likeness (QED) is 0.787. The highest BCUT2D eigenvalue weighted by Gasteiger charge is 2.22. The Balaban J connectivity index is 1.62. The maximum absolute atomic E-state index is 12.1. The van der Waals surface area contributed by atoms with E-state index in [9.17, 15) is 8.42 Å². The van der Waals surface area contributed by atoms with Gasteiger partial charge in [0.1, 0.15) is 11.6 Å². The number of rotatable bonds is 7. The van der Waals surface area contributed by atoms with Crippen LogP contribution >= 0.6 is 0 Å². The fraction of sp³-hybridized carbons (Fsp3) is 0.462. The Labute approximate surface area is 123 Å². The molecule has 1 aliphatic carbocycles. The normalized spacial score (nSPS) is 15.5. The van der Waals surface area contributed by atoms with Gasteiger partial charge >= 0.3 is 0 Å². The van der Waals surface area contributed by atoms with E-state index in [1.54, 1.807) is 23.0 Å². The highest BCUT2D eigenvalue weighted by molar-refractivity contribution is 7.89. The largest absolute Gasteiger partial charge is 0.447 e. The van der Waals surface area contributed by atoms with Crippen molar-refractivity contribution in [2.45, 2.75) is 37.1 Å². The van der Waals surface area contributed by atoms with E-state index >= 15 is 0 Å². The molecule has 7 nitrogen and oxygen atoms in total. The van der Waals surface area contributed by atoms with Crippen molar-refractivity contribution in [2.24, 2.45) is 7.05 Å². The van der Waals surface area contributed by atoms with Crippen molar-refractivity contribution in [3.05, 3.63) is 36.1 Å². The molecule has 0 saturated heterocycles. The SMILES string of the molecule is Cn1ccnc1CNS(=O)(=O)c1ccc(CNC2CC2)o1. The van der Waals surface area contributed by atoms with Crippen LogP contribution in [0.3, 0.4) is 0 Å². The summed E-state index contributed by atoms with van der Waals surface area (Å²) in [5.74, 6) is 1.26. The summed E-state index contributed by atoms with van der Waals surface area (Å²) < 4.78 is 33.9. The number of aromatic nitrogens is 2. The molecular formula is C13H18N4O3S. The maximum Gasteiger partial charge on any atom is 0.274 e.